The Morgan fingerprint density at radius 1 is 1.07 bits per heavy atom. The Balaban J connectivity index is 0.00000461. The van der Waals surface area contributed by atoms with Crippen LogP contribution in [0.4, 0.5) is 8.78 Å². The van der Waals surface area contributed by atoms with E-state index in [0.717, 1.165) is 28.8 Å². The van der Waals surface area contributed by atoms with E-state index < -0.39 is 22.0 Å². The number of aromatic nitrogens is 8. The zero-order valence-corrected chi connectivity index (χ0v) is 27.6. The molecule has 0 radical (unpaired) electrons. The van der Waals surface area contributed by atoms with Crippen molar-refractivity contribution in [3.05, 3.63) is 102 Å². The third-order valence-corrected chi connectivity index (χ3v) is 8.44. The maximum absolute atomic E-state index is 15.3. The molecular formula is C30H31BrF2N8O3S. The third-order valence-electron chi connectivity index (χ3n) is 7.16. The summed E-state index contributed by atoms with van der Waals surface area (Å²) in [6.07, 6.45) is 6.17. The number of carbonyl (C=O) groups excluding carboxylic acids is 1. The van der Waals surface area contributed by atoms with E-state index >= 15 is 4.39 Å². The molecule has 0 saturated carbocycles. The second-order valence-corrected chi connectivity index (χ2v) is 12.6. The molecule has 0 saturated heterocycles. The molecule has 3 aromatic heterocycles. The smallest absolute Gasteiger partial charge is 0.308 e. The van der Waals surface area contributed by atoms with E-state index in [1.807, 2.05) is 30.5 Å². The molecule has 236 valence electrons. The van der Waals surface area contributed by atoms with Gasteiger partial charge in [0, 0.05) is 23.7 Å². The van der Waals surface area contributed by atoms with Crippen molar-refractivity contribution >= 4 is 17.7 Å². The molecule has 1 unspecified atom stereocenters. The maximum Gasteiger partial charge on any atom is 0.308 e. The van der Waals surface area contributed by atoms with Crippen LogP contribution in [0.2, 0.25) is 0 Å². The zero-order valence-electron chi connectivity index (χ0n) is 25.1. The Morgan fingerprint density at radius 2 is 1.80 bits per heavy atom. The SMILES string of the molecule is CC(=O)Oc1c(C)cc(C[n+]2cnn(CC(O)(c3ccc(F)cc3F)C(C)(C)Sc3ccc(-n4cncn4)nn3)c2)cc1C.[Br-]. The topological polar surface area (TPSA) is 125 Å². The molecule has 0 amide bonds. The van der Waals surface area contributed by atoms with Crippen molar-refractivity contribution in [2.75, 3.05) is 0 Å². The summed E-state index contributed by atoms with van der Waals surface area (Å²) in [5, 5.41) is 29.7. The van der Waals surface area contributed by atoms with Crippen molar-refractivity contribution in [1.82, 2.24) is 34.7 Å². The molecule has 0 aliphatic carbocycles. The molecule has 0 fully saturated rings. The zero-order chi connectivity index (χ0) is 31.6. The van der Waals surface area contributed by atoms with Crippen LogP contribution in [0.1, 0.15) is 43.0 Å². The van der Waals surface area contributed by atoms with Gasteiger partial charge in [0.1, 0.15) is 47.2 Å². The number of halogens is 3. The second-order valence-electron chi connectivity index (χ2n) is 10.9. The average Bonchev–Trinajstić information content (AvgIpc) is 3.63. The van der Waals surface area contributed by atoms with E-state index in [1.165, 1.54) is 46.8 Å². The summed E-state index contributed by atoms with van der Waals surface area (Å²) in [6, 6.07) is 10.4. The van der Waals surface area contributed by atoms with Gasteiger partial charge in [0.2, 0.25) is 6.33 Å². The lowest BCUT2D eigenvalue weighted by atomic mass is 9.82. The Morgan fingerprint density at radius 3 is 2.40 bits per heavy atom. The van der Waals surface area contributed by atoms with Crippen LogP contribution in [0.25, 0.3) is 5.82 Å². The molecule has 3 heterocycles. The van der Waals surface area contributed by atoms with Gasteiger partial charge in [-0.25, -0.2) is 23.0 Å². The number of esters is 1. The Hall–Kier alpha value is -4.08. The highest BCUT2D eigenvalue weighted by molar-refractivity contribution is 8.00. The highest BCUT2D eigenvalue weighted by Crippen LogP contribution is 2.47. The van der Waals surface area contributed by atoms with Crippen LogP contribution in [-0.2, 0) is 23.5 Å². The number of hydrogen-bond donors (Lipinski definition) is 1. The Kier molecular flexibility index (Phi) is 10.1. The fourth-order valence-corrected chi connectivity index (χ4v) is 6.08. The second kappa shape index (κ2) is 13.5. The fourth-order valence-electron chi connectivity index (χ4n) is 4.99. The van der Waals surface area contributed by atoms with Crippen molar-refractivity contribution < 1.29 is 45.0 Å². The molecule has 5 rings (SSSR count). The summed E-state index contributed by atoms with van der Waals surface area (Å²) < 4.78 is 38.2. The van der Waals surface area contributed by atoms with Gasteiger partial charge in [0.05, 0.1) is 11.3 Å². The first-order valence-corrected chi connectivity index (χ1v) is 14.4. The summed E-state index contributed by atoms with van der Waals surface area (Å²) in [7, 11) is 0. The van der Waals surface area contributed by atoms with Crippen LogP contribution < -0.4 is 26.3 Å². The number of rotatable bonds is 10. The van der Waals surface area contributed by atoms with Gasteiger partial charge in [0.15, 0.2) is 5.82 Å². The quantitative estimate of drug-likeness (QED) is 0.0979. The van der Waals surface area contributed by atoms with E-state index in [9.17, 15) is 14.3 Å². The lowest BCUT2D eigenvalue weighted by molar-refractivity contribution is -0.689. The van der Waals surface area contributed by atoms with E-state index in [1.54, 1.807) is 38.6 Å². The molecule has 45 heavy (non-hydrogen) atoms. The Bertz CT molecular complexity index is 1780. The molecule has 2 aromatic carbocycles. The van der Waals surface area contributed by atoms with Gasteiger partial charge in [-0.3, -0.25) is 4.79 Å². The van der Waals surface area contributed by atoms with Crippen LogP contribution in [0.15, 0.2) is 72.8 Å². The van der Waals surface area contributed by atoms with E-state index in [4.69, 9.17) is 4.74 Å². The van der Waals surface area contributed by atoms with Crippen molar-refractivity contribution in [2.45, 2.75) is 63.1 Å². The predicted molar refractivity (Wildman–Crippen MR) is 156 cm³/mol. The minimum absolute atomic E-state index is 0. The molecule has 1 N–H and O–H groups in total. The standard InChI is InChI=1S/C30H31F2N8O3S.BrH/c1-19-10-22(11-20(2)28(19)43-21(3)41)13-38-17-35-39(18-38)14-30(42,24-7-6-23(31)12-25(24)32)29(4,5)44-27-9-8-26(36-37-27)40-16-33-15-34-40;/h6-12,15-18,42H,13-14H2,1-5H3;1H/q+1;/p-1. The average molecular weight is 702 g/mol. The van der Waals surface area contributed by atoms with Crippen LogP contribution in [-0.4, -0.2) is 50.6 Å². The van der Waals surface area contributed by atoms with Gasteiger partial charge in [-0.1, -0.05) is 17.8 Å². The molecule has 15 heteroatoms. The van der Waals surface area contributed by atoms with Gasteiger partial charge >= 0.3 is 5.97 Å². The summed E-state index contributed by atoms with van der Waals surface area (Å²) >= 11 is 1.19. The van der Waals surface area contributed by atoms with Crippen molar-refractivity contribution in [2.24, 2.45) is 0 Å². The summed E-state index contributed by atoms with van der Waals surface area (Å²) in [5.74, 6) is -1.03. The molecule has 1 atom stereocenters. The largest absolute Gasteiger partial charge is 1.00 e. The highest BCUT2D eigenvalue weighted by Gasteiger charge is 2.50. The van der Waals surface area contributed by atoms with Crippen LogP contribution >= 0.6 is 11.8 Å². The maximum atomic E-state index is 15.3. The predicted octanol–water partition coefficient (Wildman–Crippen LogP) is 0.873. The first kappa shape index (κ1) is 33.8. The number of aliphatic hydroxyl groups is 1. The third kappa shape index (κ3) is 7.43. The van der Waals surface area contributed by atoms with Crippen LogP contribution in [0, 0.1) is 25.5 Å². The van der Waals surface area contributed by atoms with Gasteiger partial charge in [-0.2, -0.15) is 5.10 Å². The van der Waals surface area contributed by atoms with Crippen LogP contribution in [0.5, 0.6) is 5.75 Å². The number of carbonyl (C=O) groups is 1. The summed E-state index contributed by atoms with van der Waals surface area (Å²) in [6.45, 7) is 8.88. The minimum atomic E-state index is -1.88. The highest BCUT2D eigenvalue weighted by atomic mass is 79.9. The van der Waals surface area contributed by atoms with E-state index in [0.29, 0.717) is 23.1 Å². The number of ether oxygens (including phenoxy) is 1. The van der Waals surface area contributed by atoms with Crippen molar-refractivity contribution in [3.63, 3.8) is 0 Å². The van der Waals surface area contributed by atoms with E-state index in [2.05, 4.69) is 25.4 Å². The van der Waals surface area contributed by atoms with Crippen molar-refractivity contribution in [1.29, 1.82) is 0 Å². The number of thioether (sulfide) groups is 1. The molecule has 0 bridgehead atoms. The lowest BCUT2D eigenvalue weighted by Gasteiger charge is -2.40. The van der Waals surface area contributed by atoms with Gasteiger partial charge < -0.3 is 26.8 Å². The summed E-state index contributed by atoms with van der Waals surface area (Å²) in [5.41, 5.74) is 0.618. The Labute approximate surface area is 273 Å². The lowest BCUT2D eigenvalue weighted by Crippen LogP contribution is -3.00. The minimum Gasteiger partial charge on any atom is -1.00 e. The van der Waals surface area contributed by atoms with Gasteiger partial charge in [-0.05, 0) is 74.7 Å². The van der Waals surface area contributed by atoms with Crippen LogP contribution in [0.3, 0.4) is 0 Å². The molecule has 0 aliphatic heterocycles. The normalized spacial score (nSPS) is 12.8. The molecule has 0 aliphatic rings. The molecule has 11 nitrogen and oxygen atoms in total. The number of hydrogen-bond acceptors (Lipinski definition) is 9. The number of benzene rings is 2. The number of aryl methyl sites for hydroxylation is 2. The van der Waals surface area contributed by atoms with E-state index in [-0.39, 0.29) is 35.1 Å². The molecule has 5 aromatic rings. The fraction of sp³-hybridized carbons (Fsp3) is 0.300. The van der Waals surface area contributed by atoms with Gasteiger partial charge in [-0.15, -0.1) is 14.9 Å². The summed E-state index contributed by atoms with van der Waals surface area (Å²) in [4.78, 5) is 15.4. The van der Waals surface area contributed by atoms with Crippen molar-refractivity contribution in [3.8, 4) is 11.6 Å². The first-order valence-electron chi connectivity index (χ1n) is 13.6. The molecule has 0 spiro atoms. The monoisotopic (exact) mass is 700 g/mol. The first-order chi connectivity index (χ1) is 20.8. The molecular weight excluding hydrogens is 670 g/mol. The number of nitrogens with zero attached hydrogens (tertiary/aromatic N) is 8. The van der Waals surface area contributed by atoms with Gasteiger partial charge in [0.25, 0.3) is 6.33 Å².